The maximum atomic E-state index is 12.4. The maximum Gasteiger partial charge on any atom is 0.317 e. The molecule has 0 aliphatic carbocycles. The number of aliphatic hydroxyl groups excluding tert-OH is 1. The lowest BCUT2D eigenvalue weighted by atomic mass is 9.94. The van der Waals surface area contributed by atoms with E-state index in [0.717, 1.165) is 30.7 Å². The fourth-order valence-electron chi connectivity index (χ4n) is 2.97. The Morgan fingerprint density at radius 3 is 2.70 bits per heavy atom. The van der Waals surface area contributed by atoms with Crippen molar-refractivity contribution in [3.05, 3.63) is 29.8 Å². The second-order valence-electron chi connectivity index (χ2n) is 6.26. The predicted octanol–water partition coefficient (Wildman–Crippen LogP) is 3.66. The number of hydrogen-bond donors (Lipinski definition) is 2. The van der Waals surface area contributed by atoms with Crippen molar-refractivity contribution in [2.45, 2.75) is 50.7 Å². The van der Waals surface area contributed by atoms with Crippen LogP contribution in [0.4, 0.5) is 4.79 Å². The van der Waals surface area contributed by atoms with Crippen LogP contribution < -0.4 is 5.32 Å². The number of carbonyl (C=O) groups excluding carboxylic acids is 1. The second kappa shape index (κ2) is 8.60. The number of benzene rings is 1. The summed E-state index contributed by atoms with van der Waals surface area (Å²) >= 11 is 1.82. The van der Waals surface area contributed by atoms with E-state index in [1.54, 1.807) is 0 Å². The maximum absolute atomic E-state index is 12.4. The summed E-state index contributed by atoms with van der Waals surface area (Å²) in [5, 5.41) is 12.8. The highest BCUT2D eigenvalue weighted by Crippen LogP contribution is 2.22. The van der Waals surface area contributed by atoms with Crippen molar-refractivity contribution in [2.24, 2.45) is 5.92 Å². The normalized spacial score (nSPS) is 20.9. The standard InChI is InChI=1S/C18H28N2O2S/c1-4-23-17-9-7-15(8-10-17)13(2)19-18(22)20-11-5-6-16(12-20)14(3)21/h7-10,13-14,16,21H,4-6,11-12H2,1-3H3,(H,19,22). The molecule has 0 saturated carbocycles. The first-order chi connectivity index (χ1) is 11.0. The zero-order valence-corrected chi connectivity index (χ0v) is 15.1. The number of carbonyl (C=O) groups is 1. The summed E-state index contributed by atoms with van der Waals surface area (Å²) in [5.74, 6) is 1.25. The van der Waals surface area contributed by atoms with E-state index in [4.69, 9.17) is 0 Å². The van der Waals surface area contributed by atoms with Crippen molar-refractivity contribution in [3.8, 4) is 0 Å². The number of likely N-dealkylation sites (tertiary alicyclic amines) is 1. The molecule has 4 nitrogen and oxygen atoms in total. The summed E-state index contributed by atoms with van der Waals surface area (Å²) in [6.07, 6.45) is 1.60. The molecule has 1 saturated heterocycles. The molecule has 1 aliphatic rings. The number of nitrogens with zero attached hydrogens (tertiary/aromatic N) is 1. The Hall–Kier alpha value is -1.20. The number of rotatable bonds is 5. The second-order valence-corrected chi connectivity index (χ2v) is 7.60. The molecule has 3 unspecified atom stereocenters. The Morgan fingerprint density at radius 2 is 2.09 bits per heavy atom. The van der Waals surface area contributed by atoms with Gasteiger partial charge < -0.3 is 15.3 Å². The van der Waals surface area contributed by atoms with Gasteiger partial charge in [-0.2, -0.15) is 0 Å². The molecule has 1 aliphatic heterocycles. The molecule has 0 aromatic heterocycles. The van der Waals surface area contributed by atoms with Crippen molar-refractivity contribution in [1.82, 2.24) is 10.2 Å². The third kappa shape index (κ3) is 5.15. The van der Waals surface area contributed by atoms with E-state index in [1.165, 1.54) is 4.90 Å². The van der Waals surface area contributed by atoms with Gasteiger partial charge in [0.1, 0.15) is 0 Å². The quantitative estimate of drug-likeness (QED) is 0.807. The molecule has 1 aromatic rings. The molecule has 2 N–H and O–H groups in total. The van der Waals surface area contributed by atoms with Crippen LogP contribution in [0.1, 0.15) is 45.2 Å². The highest BCUT2D eigenvalue weighted by molar-refractivity contribution is 7.99. The number of hydrogen-bond acceptors (Lipinski definition) is 3. The number of thioether (sulfide) groups is 1. The van der Waals surface area contributed by atoms with Gasteiger partial charge in [0.2, 0.25) is 0 Å². The van der Waals surface area contributed by atoms with Crippen LogP contribution in [-0.2, 0) is 0 Å². The van der Waals surface area contributed by atoms with Gasteiger partial charge >= 0.3 is 6.03 Å². The number of aliphatic hydroxyl groups is 1. The summed E-state index contributed by atoms with van der Waals surface area (Å²) < 4.78 is 0. The Kier molecular flexibility index (Phi) is 6.78. The minimum absolute atomic E-state index is 0.0184. The van der Waals surface area contributed by atoms with Gasteiger partial charge in [0.25, 0.3) is 0 Å². The van der Waals surface area contributed by atoms with Gasteiger partial charge in [-0.1, -0.05) is 19.1 Å². The minimum Gasteiger partial charge on any atom is -0.393 e. The molecule has 5 heteroatoms. The van der Waals surface area contributed by atoms with Crippen molar-refractivity contribution in [3.63, 3.8) is 0 Å². The average molecular weight is 337 g/mol. The molecule has 1 heterocycles. The molecule has 2 rings (SSSR count). The molecular weight excluding hydrogens is 308 g/mol. The Morgan fingerprint density at radius 1 is 1.39 bits per heavy atom. The summed E-state index contributed by atoms with van der Waals surface area (Å²) in [6.45, 7) is 7.37. The van der Waals surface area contributed by atoms with Crippen molar-refractivity contribution in [2.75, 3.05) is 18.8 Å². The zero-order valence-electron chi connectivity index (χ0n) is 14.3. The van der Waals surface area contributed by atoms with Crippen LogP contribution in [0.25, 0.3) is 0 Å². The summed E-state index contributed by atoms with van der Waals surface area (Å²) in [5.41, 5.74) is 1.11. The SMILES string of the molecule is CCSc1ccc(C(C)NC(=O)N2CCCC(C(C)O)C2)cc1. The first-order valence-corrected chi connectivity index (χ1v) is 9.46. The fourth-order valence-corrected chi connectivity index (χ4v) is 3.63. The first-order valence-electron chi connectivity index (χ1n) is 8.47. The molecule has 0 spiro atoms. The Bertz CT molecular complexity index is 504. The van der Waals surface area contributed by atoms with Crippen LogP contribution in [0.15, 0.2) is 29.2 Å². The van der Waals surface area contributed by atoms with Crippen molar-refractivity contribution in [1.29, 1.82) is 0 Å². The number of urea groups is 1. The summed E-state index contributed by atoms with van der Waals surface area (Å²) in [7, 11) is 0. The van der Waals surface area contributed by atoms with Gasteiger partial charge in [-0.15, -0.1) is 11.8 Å². The lowest BCUT2D eigenvalue weighted by Gasteiger charge is -2.34. The predicted molar refractivity (Wildman–Crippen MR) is 95.8 cm³/mol. The van der Waals surface area contributed by atoms with Gasteiger partial charge in [-0.3, -0.25) is 0 Å². The molecule has 128 valence electrons. The van der Waals surface area contributed by atoms with Crippen LogP contribution in [0.3, 0.4) is 0 Å². The van der Waals surface area contributed by atoms with Crippen LogP contribution in [0, 0.1) is 5.92 Å². The van der Waals surface area contributed by atoms with E-state index in [1.807, 2.05) is 30.5 Å². The zero-order chi connectivity index (χ0) is 16.8. The molecule has 1 fully saturated rings. The molecular formula is C18H28N2O2S. The monoisotopic (exact) mass is 336 g/mol. The van der Waals surface area contributed by atoms with Crippen LogP contribution in [-0.4, -0.2) is 41.0 Å². The fraction of sp³-hybridized carbons (Fsp3) is 0.611. The van der Waals surface area contributed by atoms with Crippen LogP contribution in [0.5, 0.6) is 0 Å². The molecule has 1 aromatic carbocycles. The van der Waals surface area contributed by atoms with E-state index >= 15 is 0 Å². The smallest absolute Gasteiger partial charge is 0.317 e. The van der Waals surface area contributed by atoms with Crippen molar-refractivity contribution < 1.29 is 9.90 Å². The third-order valence-corrected chi connectivity index (χ3v) is 5.35. The van der Waals surface area contributed by atoms with Gasteiger partial charge in [-0.05, 0) is 50.1 Å². The minimum atomic E-state index is -0.355. The first kappa shape index (κ1) is 18.1. The van der Waals surface area contributed by atoms with Crippen molar-refractivity contribution >= 4 is 17.8 Å². The number of nitrogens with one attached hydrogen (secondary N) is 1. The van der Waals surface area contributed by atoms with Crippen LogP contribution >= 0.6 is 11.8 Å². The van der Waals surface area contributed by atoms with E-state index in [-0.39, 0.29) is 24.1 Å². The molecule has 0 bridgehead atoms. The highest BCUT2D eigenvalue weighted by atomic mass is 32.2. The topological polar surface area (TPSA) is 52.6 Å². The lowest BCUT2D eigenvalue weighted by Crippen LogP contribution is -2.47. The number of piperidine rings is 1. The molecule has 2 amide bonds. The third-order valence-electron chi connectivity index (χ3n) is 4.46. The summed E-state index contributed by atoms with van der Waals surface area (Å²) in [6, 6.07) is 8.33. The molecule has 23 heavy (non-hydrogen) atoms. The Labute approximate surface area is 143 Å². The van der Waals surface area contributed by atoms with Gasteiger partial charge in [-0.25, -0.2) is 4.79 Å². The average Bonchev–Trinajstić information content (AvgIpc) is 2.55. The van der Waals surface area contributed by atoms with E-state index in [0.29, 0.717) is 6.54 Å². The molecule has 3 atom stereocenters. The van der Waals surface area contributed by atoms with E-state index < -0.39 is 0 Å². The van der Waals surface area contributed by atoms with E-state index in [9.17, 15) is 9.90 Å². The van der Waals surface area contributed by atoms with E-state index in [2.05, 4.69) is 36.5 Å². The van der Waals surface area contributed by atoms with Gasteiger partial charge in [0.15, 0.2) is 0 Å². The lowest BCUT2D eigenvalue weighted by molar-refractivity contribution is 0.0734. The highest BCUT2D eigenvalue weighted by Gasteiger charge is 2.27. The largest absolute Gasteiger partial charge is 0.393 e. The van der Waals surface area contributed by atoms with Gasteiger partial charge in [0.05, 0.1) is 12.1 Å². The summed E-state index contributed by atoms with van der Waals surface area (Å²) in [4.78, 5) is 15.5. The number of amides is 2. The van der Waals surface area contributed by atoms with Gasteiger partial charge in [0, 0.05) is 23.9 Å². The Balaban J connectivity index is 1.91. The molecule has 0 radical (unpaired) electrons. The van der Waals surface area contributed by atoms with Crippen LogP contribution in [0.2, 0.25) is 0 Å².